The highest BCUT2D eigenvalue weighted by Crippen LogP contribution is 2.54. The summed E-state index contributed by atoms with van der Waals surface area (Å²) < 4.78 is 16.9. The Morgan fingerprint density at radius 1 is 1.04 bits per heavy atom. The van der Waals surface area contributed by atoms with Crippen molar-refractivity contribution in [2.75, 3.05) is 30.7 Å². The third kappa shape index (κ3) is 1.87. The number of carbonyl (C=O) groups excluding carboxylic acids is 1. The Morgan fingerprint density at radius 3 is 2.68 bits per heavy atom. The number of amides is 1. The van der Waals surface area contributed by atoms with E-state index < -0.39 is 5.41 Å². The first-order chi connectivity index (χ1) is 12.3. The molecule has 0 radical (unpaired) electrons. The average molecular weight is 358 g/mol. The van der Waals surface area contributed by atoms with Crippen molar-refractivity contribution in [3.63, 3.8) is 0 Å². The summed E-state index contributed by atoms with van der Waals surface area (Å²) in [6.45, 7) is 1.08. The van der Waals surface area contributed by atoms with Gasteiger partial charge in [-0.15, -0.1) is 11.6 Å². The Kier molecular flexibility index (Phi) is 3.16. The number of nitrogens with zero attached hydrogens (tertiary/aromatic N) is 1. The Bertz CT molecular complexity index is 884. The minimum absolute atomic E-state index is 0.0384. The van der Waals surface area contributed by atoms with E-state index in [1.807, 2.05) is 41.3 Å². The van der Waals surface area contributed by atoms with Gasteiger partial charge in [-0.3, -0.25) is 4.79 Å². The highest BCUT2D eigenvalue weighted by atomic mass is 35.5. The molecule has 6 heteroatoms. The molecule has 1 amide bonds. The number of para-hydroxylation sites is 1. The van der Waals surface area contributed by atoms with E-state index in [4.69, 9.17) is 25.8 Å². The Hall–Kier alpha value is -2.40. The molecule has 0 N–H and O–H groups in total. The van der Waals surface area contributed by atoms with E-state index in [1.165, 1.54) is 0 Å². The number of fused-ring (bicyclic) bond motifs is 5. The van der Waals surface area contributed by atoms with E-state index in [2.05, 4.69) is 0 Å². The Labute approximate surface area is 150 Å². The van der Waals surface area contributed by atoms with Gasteiger partial charge in [0.15, 0.2) is 11.5 Å². The predicted molar refractivity (Wildman–Crippen MR) is 93.0 cm³/mol. The van der Waals surface area contributed by atoms with Crippen LogP contribution in [0.15, 0.2) is 36.4 Å². The molecule has 5 nitrogen and oxygen atoms in total. The first-order valence-corrected chi connectivity index (χ1v) is 8.83. The van der Waals surface area contributed by atoms with Crippen LogP contribution in [0, 0.1) is 0 Å². The summed E-state index contributed by atoms with van der Waals surface area (Å²) in [7, 11) is 0. The van der Waals surface area contributed by atoms with E-state index in [0.29, 0.717) is 36.3 Å². The van der Waals surface area contributed by atoms with Crippen LogP contribution in [0.5, 0.6) is 17.2 Å². The van der Waals surface area contributed by atoms with Gasteiger partial charge < -0.3 is 19.1 Å². The lowest BCUT2D eigenvalue weighted by atomic mass is 9.77. The Morgan fingerprint density at radius 2 is 1.84 bits per heavy atom. The summed E-state index contributed by atoms with van der Waals surface area (Å²) in [4.78, 5) is 15.3. The lowest BCUT2D eigenvalue weighted by Gasteiger charge is -2.23. The second-order valence-electron chi connectivity index (χ2n) is 6.41. The third-order valence-corrected chi connectivity index (χ3v) is 5.43. The summed E-state index contributed by atoms with van der Waals surface area (Å²) in [5.74, 6) is 2.56. The van der Waals surface area contributed by atoms with Crippen LogP contribution in [0.1, 0.15) is 17.5 Å². The van der Waals surface area contributed by atoms with Crippen LogP contribution < -0.4 is 19.1 Å². The van der Waals surface area contributed by atoms with Gasteiger partial charge in [0.05, 0.1) is 0 Å². The lowest BCUT2D eigenvalue weighted by molar-refractivity contribution is -0.122. The fraction of sp³-hybridized carbons (Fsp3) is 0.316. The first kappa shape index (κ1) is 14.9. The van der Waals surface area contributed by atoms with E-state index in [-0.39, 0.29) is 12.7 Å². The van der Waals surface area contributed by atoms with Crippen LogP contribution in [0.4, 0.5) is 5.69 Å². The molecular weight excluding hydrogens is 342 g/mol. The molecule has 128 valence electrons. The van der Waals surface area contributed by atoms with Crippen LogP contribution in [0.2, 0.25) is 0 Å². The van der Waals surface area contributed by atoms with Gasteiger partial charge in [-0.05, 0) is 24.1 Å². The maximum Gasteiger partial charge on any atom is 0.245 e. The highest BCUT2D eigenvalue weighted by molar-refractivity contribution is 6.18. The van der Waals surface area contributed by atoms with Crippen LogP contribution in [-0.4, -0.2) is 31.7 Å². The van der Waals surface area contributed by atoms with Crippen LogP contribution in [0.3, 0.4) is 0 Å². The minimum atomic E-state index is -0.820. The molecule has 0 saturated heterocycles. The number of alkyl halides is 1. The number of ether oxygens (including phenoxy) is 3. The molecule has 0 fully saturated rings. The number of carbonyl (C=O) groups is 1. The zero-order chi connectivity index (χ0) is 17.0. The highest BCUT2D eigenvalue weighted by Gasteiger charge is 2.57. The molecule has 25 heavy (non-hydrogen) atoms. The standard InChI is InChI=1S/C19H16ClNO4/c20-6-3-7-21-14-5-2-1-4-12(14)19(18(21)22)10-23-15-9-17-16(8-13(15)19)24-11-25-17/h1-2,4-5,8-9H,3,6-7,10-11H2. The molecule has 3 heterocycles. The number of halogens is 1. The number of benzene rings is 2. The summed E-state index contributed by atoms with van der Waals surface area (Å²) in [6.07, 6.45) is 0.743. The van der Waals surface area contributed by atoms with E-state index >= 15 is 0 Å². The van der Waals surface area contributed by atoms with Gasteiger partial charge in [0.25, 0.3) is 0 Å². The zero-order valence-corrected chi connectivity index (χ0v) is 14.2. The van der Waals surface area contributed by atoms with Crippen molar-refractivity contribution < 1.29 is 19.0 Å². The quantitative estimate of drug-likeness (QED) is 0.792. The SMILES string of the molecule is O=C1N(CCCCl)c2ccccc2C12COc1cc3c(cc12)OCO3. The average Bonchev–Trinajstić information content (AvgIpc) is 3.30. The number of hydrogen-bond donors (Lipinski definition) is 0. The van der Waals surface area contributed by atoms with Crippen molar-refractivity contribution in [1.29, 1.82) is 0 Å². The molecule has 0 saturated carbocycles. The maximum absolute atomic E-state index is 13.5. The topological polar surface area (TPSA) is 48.0 Å². The maximum atomic E-state index is 13.5. The van der Waals surface area contributed by atoms with E-state index in [1.54, 1.807) is 0 Å². The lowest BCUT2D eigenvalue weighted by Crippen LogP contribution is -2.42. The third-order valence-electron chi connectivity index (χ3n) is 5.16. The molecule has 0 bridgehead atoms. The fourth-order valence-electron chi connectivity index (χ4n) is 4.00. The molecular formula is C19H16ClNO4. The summed E-state index contributed by atoms with van der Waals surface area (Å²) in [5, 5.41) is 0. The van der Waals surface area contributed by atoms with Crippen molar-refractivity contribution in [2.45, 2.75) is 11.8 Å². The molecule has 5 rings (SSSR count). The Balaban J connectivity index is 1.69. The summed E-state index contributed by atoms with van der Waals surface area (Å²) in [5.41, 5.74) is 1.95. The summed E-state index contributed by atoms with van der Waals surface area (Å²) >= 11 is 5.86. The van der Waals surface area contributed by atoms with Gasteiger partial charge in [-0.2, -0.15) is 0 Å². The molecule has 1 unspecified atom stereocenters. The van der Waals surface area contributed by atoms with Gasteiger partial charge in [-0.1, -0.05) is 18.2 Å². The molecule has 3 aliphatic rings. The number of rotatable bonds is 3. The van der Waals surface area contributed by atoms with Gasteiger partial charge in [0, 0.05) is 29.7 Å². The summed E-state index contributed by atoms with van der Waals surface area (Å²) in [6, 6.07) is 11.6. The molecule has 1 spiro atoms. The van der Waals surface area contributed by atoms with Crippen molar-refractivity contribution in [1.82, 2.24) is 0 Å². The van der Waals surface area contributed by atoms with Crippen molar-refractivity contribution in [3.05, 3.63) is 47.5 Å². The van der Waals surface area contributed by atoms with Crippen molar-refractivity contribution in [3.8, 4) is 17.2 Å². The fourth-order valence-corrected chi connectivity index (χ4v) is 4.12. The molecule has 0 aromatic heterocycles. The van der Waals surface area contributed by atoms with Gasteiger partial charge in [0.1, 0.15) is 17.8 Å². The van der Waals surface area contributed by atoms with Crippen molar-refractivity contribution >= 4 is 23.2 Å². The molecule has 0 aliphatic carbocycles. The molecule has 2 aromatic carbocycles. The van der Waals surface area contributed by atoms with Gasteiger partial charge >= 0.3 is 0 Å². The normalized spacial score (nSPS) is 22.3. The second kappa shape index (κ2) is 5.30. The first-order valence-electron chi connectivity index (χ1n) is 8.30. The van der Waals surface area contributed by atoms with E-state index in [0.717, 1.165) is 23.2 Å². The van der Waals surface area contributed by atoms with Gasteiger partial charge in [-0.25, -0.2) is 0 Å². The van der Waals surface area contributed by atoms with Crippen LogP contribution in [-0.2, 0) is 10.2 Å². The number of hydrogen-bond acceptors (Lipinski definition) is 4. The van der Waals surface area contributed by atoms with Crippen LogP contribution in [0.25, 0.3) is 0 Å². The molecule has 1 atom stereocenters. The smallest absolute Gasteiger partial charge is 0.245 e. The van der Waals surface area contributed by atoms with Gasteiger partial charge in [0.2, 0.25) is 12.7 Å². The monoisotopic (exact) mass is 357 g/mol. The minimum Gasteiger partial charge on any atom is -0.491 e. The van der Waals surface area contributed by atoms with Crippen molar-refractivity contribution in [2.24, 2.45) is 0 Å². The zero-order valence-electron chi connectivity index (χ0n) is 13.5. The molecule has 2 aromatic rings. The predicted octanol–water partition coefficient (Wildman–Crippen LogP) is 3.07. The van der Waals surface area contributed by atoms with E-state index in [9.17, 15) is 4.79 Å². The number of anilines is 1. The molecule has 3 aliphatic heterocycles. The van der Waals surface area contributed by atoms with Crippen LogP contribution >= 0.6 is 11.6 Å². The second-order valence-corrected chi connectivity index (χ2v) is 6.79. The largest absolute Gasteiger partial charge is 0.491 e.